The molecule has 0 radical (unpaired) electrons. The van der Waals surface area contributed by atoms with E-state index < -0.39 is 0 Å². The van der Waals surface area contributed by atoms with E-state index in [2.05, 4.69) is 22.3 Å². The van der Waals surface area contributed by atoms with Gasteiger partial charge in [0.2, 0.25) is 0 Å². The summed E-state index contributed by atoms with van der Waals surface area (Å²) in [4.78, 5) is 4.37. The molecule has 0 spiro atoms. The highest BCUT2D eigenvalue weighted by molar-refractivity contribution is 7.99. The minimum absolute atomic E-state index is 0.278. The number of ether oxygens (including phenoxy) is 1. The zero-order chi connectivity index (χ0) is 12.8. The molecular formula is C12H22N4OS. The smallest absolute Gasteiger partial charge is 0.138 e. The van der Waals surface area contributed by atoms with Crippen LogP contribution in [-0.2, 0) is 17.7 Å². The summed E-state index contributed by atoms with van der Waals surface area (Å²) in [5.74, 6) is 3.22. The van der Waals surface area contributed by atoms with Crippen LogP contribution in [-0.4, -0.2) is 52.1 Å². The third-order valence-electron chi connectivity index (χ3n) is 3.19. The van der Waals surface area contributed by atoms with Crippen molar-refractivity contribution < 1.29 is 4.74 Å². The van der Waals surface area contributed by atoms with E-state index in [0.717, 1.165) is 43.3 Å². The Kier molecular flexibility index (Phi) is 5.46. The minimum Gasteiger partial charge on any atom is -0.375 e. The molecule has 1 N–H and O–H groups in total. The molecule has 2 unspecified atom stereocenters. The number of aromatic nitrogens is 3. The van der Waals surface area contributed by atoms with Crippen LogP contribution in [0.2, 0.25) is 0 Å². The molecule has 1 aromatic rings. The van der Waals surface area contributed by atoms with Crippen LogP contribution in [0.1, 0.15) is 19.2 Å². The molecule has 1 fully saturated rings. The second kappa shape index (κ2) is 7.11. The van der Waals surface area contributed by atoms with Crippen LogP contribution in [0.25, 0.3) is 0 Å². The molecule has 1 saturated heterocycles. The van der Waals surface area contributed by atoms with Gasteiger partial charge >= 0.3 is 0 Å². The van der Waals surface area contributed by atoms with Gasteiger partial charge in [-0.05, 0) is 13.5 Å². The van der Waals surface area contributed by atoms with Gasteiger partial charge in [0.05, 0.1) is 12.7 Å². The first-order chi connectivity index (χ1) is 8.85. The van der Waals surface area contributed by atoms with Crippen molar-refractivity contribution in [2.45, 2.75) is 38.5 Å². The Labute approximate surface area is 113 Å². The van der Waals surface area contributed by atoms with Crippen LogP contribution < -0.4 is 5.32 Å². The molecule has 0 saturated carbocycles. The number of aryl methyl sites for hydroxylation is 1. The third kappa shape index (κ3) is 3.46. The monoisotopic (exact) mass is 270 g/mol. The molecule has 2 heterocycles. The molecule has 0 bridgehead atoms. The molecular weight excluding hydrogens is 248 g/mol. The molecule has 2 rings (SSSR count). The van der Waals surface area contributed by atoms with Crippen molar-refractivity contribution in [3.8, 4) is 0 Å². The van der Waals surface area contributed by atoms with Gasteiger partial charge in [-0.25, -0.2) is 4.98 Å². The summed E-state index contributed by atoms with van der Waals surface area (Å²) < 4.78 is 7.84. The fourth-order valence-electron chi connectivity index (χ4n) is 2.20. The van der Waals surface area contributed by atoms with Crippen LogP contribution in [0.15, 0.2) is 6.33 Å². The van der Waals surface area contributed by atoms with Crippen molar-refractivity contribution in [3.63, 3.8) is 0 Å². The van der Waals surface area contributed by atoms with E-state index in [-0.39, 0.29) is 6.10 Å². The summed E-state index contributed by atoms with van der Waals surface area (Å²) in [6.07, 6.45) is 3.88. The SMILES string of the molecule is CCCn1ncnc1CC(NC)C1CSCCO1. The molecule has 0 aliphatic carbocycles. The normalized spacial score (nSPS) is 22.0. The van der Waals surface area contributed by atoms with Gasteiger partial charge in [-0.15, -0.1) is 0 Å². The van der Waals surface area contributed by atoms with Crippen LogP contribution in [0.3, 0.4) is 0 Å². The molecule has 0 amide bonds. The number of nitrogens with zero attached hydrogens (tertiary/aromatic N) is 3. The molecule has 6 heteroatoms. The lowest BCUT2D eigenvalue weighted by molar-refractivity contribution is 0.0484. The van der Waals surface area contributed by atoms with Gasteiger partial charge in [-0.1, -0.05) is 6.92 Å². The van der Waals surface area contributed by atoms with Crippen LogP contribution in [0.4, 0.5) is 0 Å². The lowest BCUT2D eigenvalue weighted by atomic mass is 10.1. The minimum atomic E-state index is 0.278. The molecule has 1 aliphatic heterocycles. The van der Waals surface area contributed by atoms with E-state index in [1.54, 1.807) is 6.33 Å². The summed E-state index contributed by atoms with van der Waals surface area (Å²) >= 11 is 1.97. The van der Waals surface area contributed by atoms with Gasteiger partial charge in [-0.3, -0.25) is 4.68 Å². The molecule has 18 heavy (non-hydrogen) atoms. The Hall–Kier alpha value is -0.590. The van der Waals surface area contributed by atoms with Gasteiger partial charge in [-0.2, -0.15) is 16.9 Å². The topological polar surface area (TPSA) is 52.0 Å². The number of thioether (sulfide) groups is 1. The molecule has 1 aliphatic rings. The largest absolute Gasteiger partial charge is 0.375 e. The summed E-state index contributed by atoms with van der Waals surface area (Å²) in [5.41, 5.74) is 0. The van der Waals surface area contributed by atoms with Crippen LogP contribution >= 0.6 is 11.8 Å². The zero-order valence-corrected chi connectivity index (χ0v) is 11.9. The van der Waals surface area contributed by atoms with Crippen molar-refractivity contribution in [1.82, 2.24) is 20.1 Å². The Balaban J connectivity index is 1.98. The maximum Gasteiger partial charge on any atom is 0.138 e. The van der Waals surface area contributed by atoms with E-state index >= 15 is 0 Å². The van der Waals surface area contributed by atoms with Crippen LogP contribution in [0, 0.1) is 0 Å². The molecule has 1 aromatic heterocycles. The number of rotatable bonds is 6. The van der Waals surface area contributed by atoms with Crippen molar-refractivity contribution in [2.24, 2.45) is 0 Å². The van der Waals surface area contributed by atoms with Crippen molar-refractivity contribution in [1.29, 1.82) is 0 Å². The van der Waals surface area contributed by atoms with Crippen molar-refractivity contribution >= 4 is 11.8 Å². The summed E-state index contributed by atoms with van der Waals surface area (Å²) in [5, 5.41) is 7.63. The first-order valence-corrected chi connectivity index (χ1v) is 7.74. The predicted molar refractivity (Wildman–Crippen MR) is 73.9 cm³/mol. The highest BCUT2D eigenvalue weighted by Crippen LogP contribution is 2.17. The van der Waals surface area contributed by atoms with E-state index in [9.17, 15) is 0 Å². The number of hydrogen-bond donors (Lipinski definition) is 1. The number of nitrogens with one attached hydrogen (secondary N) is 1. The Morgan fingerprint density at radius 2 is 2.56 bits per heavy atom. The Morgan fingerprint density at radius 1 is 1.67 bits per heavy atom. The van der Waals surface area contributed by atoms with E-state index in [4.69, 9.17) is 4.74 Å². The molecule has 2 atom stereocenters. The van der Waals surface area contributed by atoms with E-state index in [1.165, 1.54) is 0 Å². The van der Waals surface area contributed by atoms with Crippen molar-refractivity contribution in [3.05, 3.63) is 12.2 Å². The fourth-order valence-corrected chi connectivity index (χ4v) is 3.14. The zero-order valence-electron chi connectivity index (χ0n) is 11.1. The second-order valence-corrected chi connectivity index (χ2v) is 5.63. The van der Waals surface area contributed by atoms with Gasteiger partial charge in [0.1, 0.15) is 12.2 Å². The molecule has 5 nitrogen and oxygen atoms in total. The summed E-state index contributed by atoms with van der Waals surface area (Å²) in [7, 11) is 1.99. The van der Waals surface area contributed by atoms with Gasteiger partial charge < -0.3 is 10.1 Å². The fraction of sp³-hybridized carbons (Fsp3) is 0.833. The van der Waals surface area contributed by atoms with E-state index in [0.29, 0.717) is 6.04 Å². The quantitative estimate of drug-likeness (QED) is 0.834. The van der Waals surface area contributed by atoms with Gasteiger partial charge in [0.25, 0.3) is 0 Å². The molecule has 0 aromatic carbocycles. The second-order valence-electron chi connectivity index (χ2n) is 4.48. The van der Waals surface area contributed by atoms with Crippen LogP contribution in [0.5, 0.6) is 0 Å². The maximum absolute atomic E-state index is 5.84. The maximum atomic E-state index is 5.84. The first-order valence-electron chi connectivity index (χ1n) is 6.58. The predicted octanol–water partition coefficient (Wildman–Crippen LogP) is 0.951. The van der Waals surface area contributed by atoms with Gasteiger partial charge in [0.15, 0.2) is 0 Å². The number of hydrogen-bond acceptors (Lipinski definition) is 5. The summed E-state index contributed by atoms with van der Waals surface area (Å²) in [6, 6.07) is 0.317. The molecule has 102 valence electrons. The summed E-state index contributed by atoms with van der Waals surface area (Å²) in [6.45, 7) is 3.95. The number of likely N-dealkylation sites (N-methyl/N-ethyl adjacent to an activating group) is 1. The Bertz CT molecular complexity index is 352. The Morgan fingerprint density at radius 3 is 3.22 bits per heavy atom. The highest BCUT2D eigenvalue weighted by Gasteiger charge is 2.25. The lowest BCUT2D eigenvalue weighted by Gasteiger charge is -2.29. The lowest BCUT2D eigenvalue weighted by Crippen LogP contribution is -2.45. The average Bonchev–Trinajstić information content (AvgIpc) is 2.85. The van der Waals surface area contributed by atoms with E-state index in [1.807, 2.05) is 23.5 Å². The van der Waals surface area contributed by atoms with Gasteiger partial charge in [0, 0.05) is 30.5 Å². The average molecular weight is 270 g/mol. The highest BCUT2D eigenvalue weighted by atomic mass is 32.2. The standard InChI is InChI=1S/C12H22N4OS/c1-3-4-16-12(14-9-15-16)7-10(13-2)11-8-18-6-5-17-11/h9-11,13H,3-8H2,1-2H3. The van der Waals surface area contributed by atoms with Crippen molar-refractivity contribution in [2.75, 3.05) is 25.2 Å². The third-order valence-corrected chi connectivity index (χ3v) is 4.21. The first kappa shape index (κ1) is 13.8.